The van der Waals surface area contributed by atoms with Crippen LogP contribution in [0, 0.1) is 0 Å². The highest BCUT2D eigenvalue weighted by atomic mass is 35.5. The second kappa shape index (κ2) is 8.83. The van der Waals surface area contributed by atoms with Crippen LogP contribution in [0.2, 0.25) is 10.0 Å². The highest BCUT2D eigenvalue weighted by Gasteiger charge is 2.30. The summed E-state index contributed by atoms with van der Waals surface area (Å²) in [5, 5.41) is 10.8. The van der Waals surface area contributed by atoms with E-state index in [0.717, 1.165) is 23.0 Å². The van der Waals surface area contributed by atoms with E-state index >= 15 is 0 Å². The van der Waals surface area contributed by atoms with Crippen LogP contribution in [0.5, 0.6) is 0 Å². The summed E-state index contributed by atoms with van der Waals surface area (Å²) in [6.45, 7) is -0.433. The third-order valence-corrected chi connectivity index (χ3v) is 5.33. The number of carbonyl (C=O) groups is 1. The Hall–Kier alpha value is -3.44. The van der Waals surface area contributed by atoms with Crippen LogP contribution in [0.25, 0.3) is 11.2 Å². The van der Waals surface area contributed by atoms with E-state index in [-0.39, 0.29) is 29.3 Å². The summed E-state index contributed by atoms with van der Waals surface area (Å²) < 4.78 is 41.1. The molecule has 0 fully saturated rings. The van der Waals surface area contributed by atoms with E-state index in [1.165, 1.54) is 28.9 Å². The molecule has 0 radical (unpaired) electrons. The number of nitrogens with zero attached hydrogens (tertiary/aromatic N) is 5. The molecule has 2 heterocycles. The van der Waals surface area contributed by atoms with Crippen molar-refractivity contribution in [2.75, 3.05) is 5.32 Å². The molecule has 0 unspecified atom stereocenters. The summed E-state index contributed by atoms with van der Waals surface area (Å²) in [4.78, 5) is 29.1. The summed E-state index contributed by atoms with van der Waals surface area (Å²) in [6, 6.07) is 9.26. The quantitative estimate of drug-likeness (QED) is 0.450. The topological polar surface area (TPSA) is 94.7 Å². The summed E-state index contributed by atoms with van der Waals surface area (Å²) >= 11 is 11.8. The van der Waals surface area contributed by atoms with Crippen molar-refractivity contribution >= 4 is 46.0 Å². The minimum Gasteiger partial charge on any atom is -0.324 e. The lowest BCUT2D eigenvalue weighted by Gasteiger charge is -2.09. The molecule has 0 saturated carbocycles. The first-order valence-corrected chi connectivity index (χ1v) is 10.1. The van der Waals surface area contributed by atoms with Crippen LogP contribution in [0.4, 0.5) is 18.9 Å². The van der Waals surface area contributed by atoms with Crippen LogP contribution in [-0.4, -0.2) is 30.5 Å². The molecule has 2 aromatic carbocycles. The van der Waals surface area contributed by atoms with Crippen molar-refractivity contribution in [3.05, 3.63) is 80.3 Å². The SMILES string of the molecule is O=C(Cn1cnc2c(nnn2Cc2cccc(C(F)(F)F)c2)c1=O)Nc1ccc(Cl)c(Cl)c1. The Morgan fingerprint density at radius 2 is 1.88 bits per heavy atom. The maximum atomic E-state index is 12.9. The van der Waals surface area contributed by atoms with E-state index in [0.29, 0.717) is 16.3 Å². The summed E-state index contributed by atoms with van der Waals surface area (Å²) in [7, 11) is 0. The molecule has 4 rings (SSSR count). The Balaban J connectivity index is 1.54. The lowest BCUT2D eigenvalue weighted by molar-refractivity contribution is -0.137. The van der Waals surface area contributed by atoms with Gasteiger partial charge >= 0.3 is 6.18 Å². The second-order valence-electron chi connectivity index (χ2n) is 6.97. The van der Waals surface area contributed by atoms with Gasteiger partial charge in [-0.1, -0.05) is 40.5 Å². The maximum Gasteiger partial charge on any atom is 0.416 e. The molecule has 0 saturated heterocycles. The van der Waals surface area contributed by atoms with Crippen molar-refractivity contribution in [3.63, 3.8) is 0 Å². The van der Waals surface area contributed by atoms with E-state index in [1.54, 1.807) is 6.07 Å². The van der Waals surface area contributed by atoms with E-state index < -0.39 is 23.2 Å². The fourth-order valence-electron chi connectivity index (χ4n) is 3.05. The lowest BCUT2D eigenvalue weighted by Crippen LogP contribution is -2.28. The molecule has 8 nitrogen and oxygen atoms in total. The number of carbonyl (C=O) groups excluding carboxylic acids is 1. The first-order chi connectivity index (χ1) is 15.6. The Labute approximate surface area is 193 Å². The molecule has 1 amide bonds. The number of benzene rings is 2. The Kier molecular flexibility index (Phi) is 6.09. The van der Waals surface area contributed by atoms with Crippen molar-refractivity contribution in [2.45, 2.75) is 19.3 Å². The molecule has 13 heteroatoms. The van der Waals surface area contributed by atoms with E-state index in [1.807, 2.05) is 0 Å². The number of aromatic nitrogens is 5. The minimum absolute atomic E-state index is 0.0747. The van der Waals surface area contributed by atoms with Crippen LogP contribution in [0.15, 0.2) is 53.6 Å². The number of nitrogens with one attached hydrogen (secondary N) is 1. The molecular weight excluding hydrogens is 484 g/mol. The van der Waals surface area contributed by atoms with Gasteiger partial charge in [0.25, 0.3) is 5.56 Å². The van der Waals surface area contributed by atoms with E-state index in [9.17, 15) is 22.8 Å². The summed E-state index contributed by atoms with van der Waals surface area (Å²) in [5.41, 5.74) is -0.759. The van der Waals surface area contributed by atoms with Gasteiger partial charge in [0.2, 0.25) is 5.91 Å². The van der Waals surface area contributed by atoms with E-state index in [2.05, 4.69) is 20.6 Å². The zero-order valence-electron chi connectivity index (χ0n) is 16.5. The van der Waals surface area contributed by atoms with Crippen molar-refractivity contribution in [1.29, 1.82) is 0 Å². The molecule has 0 aliphatic heterocycles. The molecule has 4 aromatic rings. The average Bonchev–Trinajstić information content (AvgIpc) is 3.16. The summed E-state index contributed by atoms with van der Waals surface area (Å²) in [6.07, 6.45) is -3.34. The normalized spacial score (nSPS) is 11.7. The largest absolute Gasteiger partial charge is 0.416 e. The molecule has 1 N–H and O–H groups in total. The van der Waals surface area contributed by atoms with Crippen LogP contribution in [0.3, 0.4) is 0 Å². The maximum absolute atomic E-state index is 12.9. The highest BCUT2D eigenvalue weighted by molar-refractivity contribution is 6.42. The number of halogens is 5. The van der Waals surface area contributed by atoms with Crippen molar-refractivity contribution < 1.29 is 18.0 Å². The van der Waals surface area contributed by atoms with Gasteiger partial charge in [-0.25, -0.2) is 9.67 Å². The van der Waals surface area contributed by atoms with Crippen LogP contribution < -0.4 is 10.9 Å². The first kappa shape index (κ1) is 22.7. The van der Waals surface area contributed by atoms with Crippen molar-refractivity contribution in [3.8, 4) is 0 Å². The van der Waals surface area contributed by atoms with Gasteiger partial charge in [-0.3, -0.25) is 14.2 Å². The van der Waals surface area contributed by atoms with Crippen LogP contribution in [-0.2, 0) is 24.1 Å². The molecule has 33 heavy (non-hydrogen) atoms. The molecule has 2 aromatic heterocycles. The number of amides is 1. The summed E-state index contributed by atoms with van der Waals surface area (Å²) in [5.74, 6) is -0.520. The number of alkyl halides is 3. The molecule has 0 atom stereocenters. The minimum atomic E-state index is -4.48. The van der Waals surface area contributed by atoms with Gasteiger partial charge in [0.1, 0.15) is 12.9 Å². The third kappa shape index (κ3) is 4.99. The van der Waals surface area contributed by atoms with Crippen molar-refractivity contribution in [1.82, 2.24) is 24.5 Å². The molecular formula is C20H13Cl2F3N6O2. The smallest absolute Gasteiger partial charge is 0.324 e. The Morgan fingerprint density at radius 1 is 1.09 bits per heavy atom. The fraction of sp³-hybridized carbons (Fsp3) is 0.150. The van der Waals surface area contributed by atoms with Gasteiger partial charge in [-0.2, -0.15) is 13.2 Å². The van der Waals surface area contributed by atoms with Crippen LogP contribution >= 0.6 is 23.2 Å². The van der Waals surface area contributed by atoms with Crippen molar-refractivity contribution in [2.24, 2.45) is 0 Å². The number of hydrogen-bond donors (Lipinski definition) is 1. The first-order valence-electron chi connectivity index (χ1n) is 9.31. The van der Waals surface area contributed by atoms with Gasteiger partial charge in [0.05, 0.1) is 22.2 Å². The average molecular weight is 497 g/mol. The Morgan fingerprint density at radius 3 is 2.61 bits per heavy atom. The second-order valence-corrected chi connectivity index (χ2v) is 7.79. The van der Waals surface area contributed by atoms with Gasteiger partial charge in [0.15, 0.2) is 11.2 Å². The highest BCUT2D eigenvalue weighted by Crippen LogP contribution is 2.29. The van der Waals surface area contributed by atoms with E-state index in [4.69, 9.17) is 23.2 Å². The van der Waals surface area contributed by atoms with Gasteiger partial charge in [-0.15, -0.1) is 5.10 Å². The van der Waals surface area contributed by atoms with Gasteiger partial charge in [-0.05, 0) is 35.9 Å². The number of anilines is 1. The number of fused-ring (bicyclic) bond motifs is 1. The fourth-order valence-corrected chi connectivity index (χ4v) is 3.35. The number of rotatable bonds is 5. The van der Waals surface area contributed by atoms with Gasteiger partial charge < -0.3 is 5.32 Å². The third-order valence-electron chi connectivity index (χ3n) is 4.60. The predicted octanol–water partition coefficient (Wildman–Crippen LogP) is 4.00. The molecule has 0 aliphatic rings. The molecule has 0 spiro atoms. The zero-order valence-corrected chi connectivity index (χ0v) is 18.0. The van der Waals surface area contributed by atoms with Gasteiger partial charge in [0, 0.05) is 5.69 Å². The predicted molar refractivity (Wildman–Crippen MR) is 115 cm³/mol. The standard InChI is InChI=1S/C20H13Cl2F3N6O2/c21-14-5-4-13(7-15(14)22)27-16(32)9-30-10-26-18-17(19(30)33)28-29-31(18)8-11-2-1-3-12(6-11)20(23,24)25/h1-7,10H,8-9H2,(H,27,32). The Bertz CT molecular complexity index is 1420. The lowest BCUT2D eigenvalue weighted by atomic mass is 10.1. The number of hydrogen-bond acceptors (Lipinski definition) is 5. The zero-order chi connectivity index (χ0) is 23.8. The molecule has 0 bridgehead atoms. The molecule has 0 aliphatic carbocycles. The van der Waals surface area contributed by atoms with Crippen LogP contribution in [0.1, 0.15) is 11.1 Å². The molecule has 170 valence electrons. The monoisotopic (exact) mass is 496 g/mol.